The zero-order valence-electron chi connectivity index (χ0n) is 8.18. The fourth-order valence-corrected chi connectivity index (χ4v) is 2.31. The Kier molecular flexibility index (Phi) is 2.83. The quantitative estimate of drug-likeness (QED) is 0.757. The number of likely N-dealkylation sites (tertiary alicyclic amines) is 1. The number of Topliss-reactive ketones (excluding diaryl/α,β-unsaturated/α-hetero) is 1. The number of carbonyl (C=O) groups is 2. The Hall–Kier alpha value is -1.20. The molecule has 5 heteroatoms. The van der Waals surface area contributed by atoms with E-state index in [1.807, 2.05) is 16.3 Å². The minimum atomic E-state index is -0.333. The molecule has 0 saturated carbocycles. The second-order valence-corrected chi connectivity index (χ2v) is 4.53. The van der Waals surface area contributed by atoms with Crippen LogP contribution >= 0.6 is 11.3 Å². The lowest BCUT2D eigenvalue weighted by Crippen LogP contribution is -2.56. The first-order chi connectivity index (χ1) is 7.18. The van der Waals surface area contributed by atoms with Crippen LogP contribution in [0.2, 0.25) is 0 Å². The Morgan fingerprint density at radius 2 is 2.40 bits per heavy atom. The molecule has 1 aliphatic heterocycles. The summed E-state index contributed by atoms with van der Waals surface area (Å²) in [5.74, 6) is -0.267. The number of nitrogens with zero attached hydrogens (tertiary/aromatic N) is 1. The Labute approximate surface area is 91.7 Å². The van der Waals surface area contributed by atoms with Gasteiger partial charge in [-0.05, 0) is 17.9 Å². The molecule has 0 aliphatic carbocycles. The van der Waals surface area contributed by atoms with Crippen molar-refractivity contribution in [1.29, 1.82) is 0 Å². The summed E-state index contributed by atoms with van der Waals surface area (Å²) in [4.78, 5) is 25.2. The van der Waals surface area contributed by atoms with Crippen LogP contribution in [0.15, 0.2) is 17.5 Å². The van der Waals surface area contributed by atoms with E-state index in [4.69, 9.17) is 5.73 Å². The highest BCUT2D eigenvalue weighted by atomic mass is 32.1. The fourth-order valence-electron chi connectivity index (χ4n) is 1.65. The van der Waals surface area contributed by atoms with E-state index in [1.54, 1.807) is 6.07 Å². The Bertz CT molecular complexity index is 375. The highest BCUT2D eigenvalue weighted by Crippen LogP contribution is 2.18. The molecule has 1 aromatic rings. The van der Waals surface area contributed by atoms with Crippen LogP contribution in [-0.2, 0) is 4.79 Å². The maximum atomic E-state index is 11.7. The Morgan fingerprint density at radius 3 is 2.87 bits per heavy atom. The molecule has 4 nitrogen and oxygen atoms in total. The van der Waals surface area contributed by atoms with Crippen LogP contribution in [0.3, 0.4) is 0 Å². The summed E-state index contributed by atoms with van der Waals surface area (Å²) in [7, 11) is 0. The molecule has 80 valence electrons. The third-order valence-corrected chi connectivity index (χ3v) is 3.51. The lowest BCUT2D eigenvalue weighted by atomic mass is 10.0. The monoisotopic (exact) mass is 224 g/mol. The van der Waals surface area contributed by atoms with E-state index >= 15 is 0 Å². The van der Waals surface area contributed by atoms with Crippen LogP contribution < -0.4 is 5.73 Å². The average molecular weight is 224 g/mol. The molecule has 0 spiro atoms. The lowest BCUT2D eigenvalue weighted by Gasteiger charge is -2.37. The summed E-state index contributed by atoms with van der Waals surface area (Å²) < 4.78 is 0. The molecule has 2 rings (SSSR count). The van der Waals surface area contributed by atoms with Crippen molar-refractivity contribution < 1.29 is 9.59 Å². The second-order valence-electron chi connectivity index (χ2n) is 3.58. The van der Waals surface area contributed by atoms with E-state index < -0.39 is 0 Å². The molecular formula is C10H12N2O2S. The van der Waals surface area contributed by atoms with Crippen LogP contribution in [0, 0.1) is 0 Å². The first-order valence-corrected chi connectivity index (χ1v) is 5.66. The third-order valence-electron chi connectivity index (χ3n) is 2.60. The summed E-state index contributed by atoms with van der Waals surface area (Å²) in [5, 5.41) is 1.87. The molecular weight excluding hydrogens is 212 g/mol. The van der Waals surface area contributed by atoms with Crippen LogP contribution in [-0.4, -0.2) is 35.7 Å². The maximum Gasteiger partial charge on any atom is 0.234 e. The van der Waals surface area contributed by atoms with E-state index in [9.17, 15) is 9.59 Å². The summed E-state index contributed by atoms with van der Waals surface area (Å²) >= 11 is 1.42. The molecule has 1 saturated heterocycles. The first-order valence-electron chi connectivity index (χ1n) is 4.78. The summed E-state index contributed by atoms with van der Waals surface area (Å²) in [6.45, 7) is 1.08. The van der Waals surface area contributed by atoms with Crippen molar-refractivity contribution in [2.75, 3.05) is 13.1 Å². The molecule has 1 fully saturated rings. The first kappa shape index (κ1) is 10.3. The van der Waals surface area contributed by atoms with Crippen molar-refractivity contribution in [2.24, 2.45) is 5.73 Å². The van der Waals surface area contributed by atoms with Crippen LogP contribution in [0.1, 0.15) is 16.1 Å². The summed E-state index contributed by atoms with van der Waals surface area (Å²) in [6.07, 6.45) is 0.771. The average Bonchev–Trinajstić information content (AvgIpc) is 2.63. The molecule has 1 atom stereocenters. The molecule has 1 amide bonds. The van der Waals surface area contributed by atoms with Gasteiger partial charge in [-0.3, -0.25) is 14.5 Å². The lowest BCUT2D eigenvalue weighted by molar-refractivity contribution is -0.126. The van der Waals surface area contributed by atoms with Gasteiger partial charge in [0.1, 0.15) is 0 Å². The number of primary amides is 1. The molecule has 0 radical (unpaired) electrons. The van der Waals surface area contributed by atoms with Gasteiger partial charge in [0.25, 0.3) is 0 Å². The molecule has 1 aromatic heterocycles. The largest absolute Gasteiger partial charge is 0.368 e. The predicted octanol–water partition coefficient (Wildman–Crippen LogP) is 0.490. The number of hydrogen-bond acceptors (Lipinski definition) is 4. The van der Waals surface area contributed by atoms with Gasteiger partial charge in [-0.1, -0.05) is 6.07 Å². The van der Waals surface area contributed by atoms with E-state index in [0.717, 1.165) is 17.8 Å². The topological polar surface area (TPSA) is 63.4 Å². The van der Waals surface area contributed by atoms with Crippen molar-refractivity contribution in [3.63, 3.8) is 0 Å². The van der Waals surface area contributed by atoms with Crippen LogP contribution in [0.5, 0.6) is 0 Å². The molecule has 2 N–H and O–H groups in total. The minimum absolute atomic E-state index is 0.0657. The standard InChI is InChI=1S/C10H12N2O2S/c11-10(14)7-3-4-12(7)6-8(13)9-2-1-5-15-9/h1-2,5,7H,3-4,6H2,(H2,11,14). The van der Waals surface area contributed by atoms with Crippen LogP contribution in [0.25, 0.3) is 0 Å². The van der Waals surface area contributed by atoms with Gasteiger partial charge in [0, 0.05) is 6.54 Å². The molecule has 0 bridgehead atoms. The van der Waals surface area contributed by atoms with E-state index in [2.05, 4.69) is 0 Å². The number of carbonyl (C=O) groups excluding carboxylic acids is 2. The van der Waals surface area contributed by atoms with Gasteiger partial charge in [0.05, 0.1) is 17.5 Å². The second kappa shape index (κ2) is 4.12. The van der Waals surface area contributed by atoms with Crippen molar-refractivity contribution in [3.05, 3.63) is 22.4 Å². The molecule has 1 unspecified atom stereocenters. The molecule has 15 heavy (non-hydrogen) atoms. The van der Waals surface area contributed by atoms with Gasteiger partial charge in [-0.25, -0.2) is 0 Å². The van der Waals surface area contributed by atoms with Gasteiger partial charge in [0.15, 0.2) is 5.78 Å². The predicted molar refractivity (Wildman–Crippen MR) is 57.8 cm³/mol. The minimum Gasteiger partial charge on any atom is -0.368 e. The number of nitrogens with two attached hydrogens (primary N) is 1. The Morgan fingerprint density at radius 1 is 1.60 bits per heavy atom. The zero-order chi connectivity index (χ0) is 10.8. The van der Waals surface area contributed by atoms with Gasteiger partial charge < -0.3 is 5.73 Å². The SMILES string of the molecule is NC(=O)C1CCN1CC(=O)c1cccs1. The van der Waals surface area contributed by atoms with Crippen molar-refractivity contribution in [3.8, 4) is 0 Å². The van der Waals surface area contributed by atoms with Gasteiger partial charge >= 0.3 is 0 Å². The highest BCUT2D eigenvalue weighted by Gasteiger charge is 2.33. The van der Waals surface area contributed by atoms with Crippen molar-refractivity contribution in [2.45, 2.75) is 12.5 Å². The zero-order valence-corrected chi connectivity index (χ0v) is 9.00. The Balaban J connectivity index is 1.93. The maximum absolute atomic E-state index is 11.7. The number of thiophene rings is 1. The van der Waals surface area contributed by atoms with E-state index in [1.165, 1.54) is 11.3 Å². The van der Waals surface area contributed by atoms with Gasteiger partial charge in [-0.15, -0.1) is 11.3 Å². The smallest absolute Gasteiger partial charge is 0.234 e. The van der Waals surface area contributed by atoms with Crippen LogP contribution in [0.4, 0.5) is 0 Å². The number of ketones is 1. The normalized spacial score (nSPS) is 20.9. The fraction of sp³-hybridized carbons (Fsp3) is 0.400. The van der Waals surface area contributed by atoms with Gasteiger partial charge in [-0.2, -0.15) is 0 Å². The van der Waals surface area contributed by atoms with Crippen molar-refractivity contribution >= 4 is 23.0 Å². The number of amides is 1. The third kappa shape index (κ3) is 2.08. The van der Waals surface area contributed by atoms with Gasteiger partial charge in [0.2, 0.25) is 5.91 Å². The summed E-state index contributed by atoms with van der Waals surface area (Å²) in [6, 6.07) is 3.40. The molecule has 2 heterocycles. The highest BCUT2D eigenvalue weighted by molar-refractivity contribution is 7.12. The van der Waals surface area contributed by atoms with E-state index in [-0.39, 0.29) is 17.7 Å². The van der Waals surface area contributed by atoms with E-state index in [0.29, 0.717) is 6.54 Å². The number of hydrogen-bond donors (Lipinski definition) is 1. The summed E-state index contributed by atoms with van der Waals surface area (Å²) in [5.41, 5.74) is 5.19. The molecule has 1 aliphatic rings. The molecule has 0 aromatic carbocycles. The van der Waals surface area contributed by atoms with Crippen molar-refractivity contribution in [1.82, 2.24) is 4.90 Å². The number of rotatable bonds is 4.